The van der Waals surface area contributed by atoms with Gasteiger partial charge in [0.15, 0.2) is 0 Å². The van der Waals surface area contributed by atoms with Crippen molar-refractivity contribution in [3.05, 3.63) is 29.8 Å². The second-order valence-corrected chi connectivity index (χ2v) is 4.82. The molecule has 0 spiro atoms. The van der Waals surface area contributed by atoms with E-state index < -0.39 is 6.10 Å². The van der Waals surface area contributed by atoms with Gasteiger partial charge in [-0.1, -0.05) is 19.1 Å². The van der Waals surface area contributed by atoms with E-state index in [1.165, 1.54) is 0 Å². The van der Waals surface area contributed by atoms with Crippen LogP contribution in [0.25, 0.3) is 0 Å². The first kappa shape index (κ1) is 15.5. The smallest absolute Gasteiger partial charge is 0.241 e. The Morgan fingerprint density at radius 1 is 1.21 bits per heavy atom. The molecule has 106 valence electrons. The van der Waals surface area contributed by atoms with Gasteiger partial charge in [-0.15, -0.1) is 0 Å². The number of benzene rings is 1. The van der Waals surface area contributed by atoms with Crippen LogP contribution in [-0.4, -0.2) is 43.1 Å². The minimum absolute atomic E-state index is 0.0829. The van der Waals surface area contributed by atoms with Crippen molar-refractivity contribution in [3.8, 4) is 0 Å². The molecule has 0 aliphatic heterocycles. The summed E-state index contributed by atoms with van der Waals surface area (Å²) < 4.78 is 0. The van der Waals surface area contributed by atoms with E-state index in [2.05, 4.69) is 0 Å². The van der Waals surface area contributed by atoms with E-state index in [1.807, 2.05) is 43.0 Å². The zero-order valence-corrected chi connectivity index (χ0v) is 12.3. The fourth-order valence-electron chi connectivity index (χ4n) is 1.83. The third kappa shape index (κ3) is 4.24. The van der Waals surface area contributed by atoms with Gasteiger partial charge < -0.3 is 14.9 Å². The molecular formula is C15H24N2O2. The minimum Gasteiger partial charge on any atom is -0.388 e. The Balaban J connectivity index is 2.79. The van der Waals surface area contributed by atoms with Crippen LogP contribution in [0.15, 0.2) is 24.3 Å². The van der Waals surface area contributed by atoms with Crippen LogP contribution in [0.5, 0.6) is 0 Å². The number of carbonyl (C=O) groups excluding carboxylic acids is 1. The van der Waals surface area contributed by atoms with Gasteiger partial charge in [-0.3, -0.25) is 4.79 Å². The number of carbonyl (C=O) groups is 1. The molecule has 0 saturated carbocycles. The van der Waals surface area contributed by atoms with Crippen LogP contribution in [0.3, 0.4) is 0 Å². The zero-order valence-electron chi connectivity index (χ0n) is 12.3. The molecule has 0 heterocycles. The number of likely N-dealkylation sites (N-methyl/N-ethyl adjacent to an activating group) is 2. The first-order chi connectivity index (χ1) is 8.99. The Labute approximate surface area is 115 Å². The molecule has 1 atom stereocenters. The molecule has 1 rings (SSSR count). The van der Waals surface area contributed by atoms with Gasteiger partial charge in [0.1, 0.15) is 0 Å². The van der Waals surface area contributed by atoms with Gasteiger partial charge in [0.2, 0.25) is 5.91 Å². The molecule has 0 fully saturated rings. The van der Waals surface area contributed by atoms with Crippen molar-refractivity contribution in [2.45, 2.75) is 26.4 Å². The van der Waals surface area contributed by atoms with E-state index in [1.54, 1.807) is 19.0 Å². The van der Waals surface area contributed by atoms with E-state index in [0.717, 1.165) is 17.8 Å². The molecule has 4 heteroatoms. The minimum atomic E-state index is -0.410. The van der Waals surface area contributed by atoms with Crippen molar-refractivity contribution in [3.63, 3.8) is 0 Å². The highest BCUT2D eigenvalue weighted by Gasteiger charge is 2.12. The fraction of sp³-hybridized carbons (Fsp3) is 0.533. The molecule has 0 unspecified atom stereocenters. The molecule has 4 nitrogen and oxygen atoms in total. The summed E-state index contributed by atoms with van der Waals surface area (Å²) in [6.07, 6.45) is 0.295. The van der Waals surface area contributed by atoms with Crippen molar-refractivity contribution < 1.29 is 9.90 Å². The summed E-state index contributed by atoms with van der Waals surface area (Å²) >= 11 is 0. The highest BCUT2D eigenvalue weighted by molar-refractivity contribution is 5.81. The highest BCUT2D eigenvalue weighted by Crippen LogP contribution is 2.21. The first-order valence-electron chi connectivity index (χ1n) is 6.72. The van der Waals surface area contributed by atoms with Crippen molar-refractivity contribution in [2.24, 2.45) is 0 Å². The molecule has 19 heavy (non-hydrogen) atoms. The highest BCUT2D eigenvalue weighted by atomic mass is 16.3. The Morgan fingerprint density at radius 3 is 2.21 bits per heavy atom. The number of rotatable bonds is 6. The maximum atomic E-state index is 11.8. The van der Waals surface area contributed by atoms with Crippen LogP contribution in [-0.2, 0) is 4.79 Å². The van der Waals surface area contributed by atoms with Gasteiger partial charge in [0, 0.05) is 26.3 Å². The molecule has 0 aromatic heterocycles. The fourth-order valence-corrected chi connectivity index (χ4v) is 1.83. The number of hydrogen-bond donors (Lipinski definition) is 1. The molecule has 1 aromatic rings. The third-order valence-corrected chi connectivity index (χ3v) is 3.24. The summed E-state index contributed by atoms with van der Waals surface area (Å²) in [5.41, 5.74) is 1.92. The van der Waals surface area contributed by atoms with Crippen molar-refractivity contribution in [1.82, 2.24) is 4.90 Å². The van der Waals surface area contributed by atoms with Gasteiger partial charge in [0.25, 0.3) is 0 Å². The maximum Gasteiger partial charge on any atom is 0.241 e. The van der Waals surface area contributed by atoms with Gasteiger partial charge in [-0.2, -0.15) is 0 Å². The van der Waals surface area contributed by atoms with Crippen molar-refractivity contribution >= 4 is 11.6 Å². The van der Waals surface area contributed by atoms with E-state index in [-0.39, 0.29) is 5.91 Å². The molecule has 1 amide bonds. The lowest BCUT2D eigenvalue weighted by atomic mass is 10.1. The van der Waals surface area contributed by atoms with Gasteiger partial charge in [-0.05, 0) is 31.0 Å². The summed E-state index contributed by atoms with van der Waals surface area (Å²) in [6.45, 7) is 5.12. The summed E-state index contributed by atoms with van der Waals surface area (Å²) in [6, 6.07) is 7.76. The number of amides is 1. The van der Waals surface area contributed by atoms with Crippen LogP contribution in [0.1, 0.15) is 31.9 Å². The van der Waals surface area contributed by atoms with Crippen LogP contribution in [0.2, 0.25) is 0 Å². The lowest BCUT2D eigenvalue weighted by Gasteiger charge is -2.24. The summed E-state index contributed by atoms with van der Waals surface area (Å²) in [4.78, 5) is 15.4. The Hall–Kier alpha value is -1.55. The van der Waals surface area contributed by atoms with Crippen LogP contribution in [0, 0.1) is 0 Å². The maximum absolute atomic E-state index is 11.8. The van der Waals surface area contributed by atoms with E-state index in [0.29, 0.717) is 13.0 Å². The van der Waals surface area contributed by atoms with Crippen LogP contribution >= 0.6 is 0 Å². The summed E-state index contributed by atoms with van der Waals surface area (Å²) in [5.74, 6) is 0.0829. The topological polar surface area (TPSA) is 43.8 Å². The van der Waals surface area contributed by atoms with Crippen LogP contribution in [0.4, 0.5) is 5.69 Å². The summed E-state index contributed by atoms with van der Waals surface area (Å²) in [7, 11) is 3.52. The second-order valence-electron chi connectivity index (χ2n) is 4.82. The van der Waals surface area contributed by atoms with Crippen LogP contribution < -0.4 is 4.90 Å². The number of hydrogen-bond acceptors (Lipinski definition) is 3. The van der Waals surface area contributed by atoms with E-state index in [9.17, 15) is 9.90 Å². The lowest BCUT2D eigenvalue weighted by Crippen LogP contribution is -2.36. The van der Waals surface area contributed by atoms with E-state index in [4.69, 9.17) is 0 Å². The lowest BCUT2D eigenvalue weighted by molar-refractivity contribution is -0.127. The number of anilines is 1. The normalized spacial score (nSPS) is 12.1. The third-order valence-electron chi connectivity index (χ3n) is 3.24. The molecule has 0 bridgehead atoms. The molecule has 0 saturated heterocycles. The quantitative estimate of drug-likeness (QED) is 0.855. The number of nitrogens with zero attached hydrogens (tertiary/aromatic N) is 2. The predicted molar refractivity (Wildman–Crippen MR) is 78.3 cm³/mol. The zero-order chi connectivity index (χ0) is 14.4. The average molecular weight is 264 g/mol. The molecule has 1 N–H and O–H groups in total. The molecular weight excluding hydrogens is 240 g/mol. The monoisotopic (exact) mass is 264 g/mol. The van der Waals surface area contributed by atoms with E-state index >= 15 is 0 Å². The average Bonchev–Trinajstić information content (AvgIpc) is 2.43. The van der Waals surface area contributed by atoms with Gasteiger partial charge in [0.05, 0.1) is 12.6 Å². The first-order valence-corrected chi connectivity index (χ1v) is 6.72. The molecule has 0 aliphatic rings. The Morgan fingerprint density at radius 2 is 1.79 bits per heavy atom. The van der Waals surface area contributed by atoms with Crippen molar-refractivity contribution in [2.75, 3.05) is 32.1 Å². The largest absolute Gasteiger partial charge is 0.388 e. The SMILES string of the molecule is CC[C@@H](O)c1ccc(N(CC)CC(=O)N(C)C)cc1. The second kappa shape index (κ2) is 7.14. The predicted octanol–water partition coefficient (Wildman–Crippen LogP) is 2.04. The Kier molecular flexibility index (Phi) is 5.83. The van der Waals surface area contributed by atoms with Gasteiger partial charge >= 0.3 is 0 Å². The number of aliphatic hydroxyl groups excluding tert-OH is 1. The molecule has 1 aromatic carbocycles. The van der Waals surface area contributed by atoms with Gasteiger partial charge in [-0.25, -0.2) is 0 Å². The molecule has 0 radical (unpaired) electrons. The Bertz CT molecular complexity index is 401. The van der Waals surface area contributed by atoms with Crippen molar-refractivity contribution in [1.29, 1.82) is 0 Å². The standard InChI is InChI=1S/C15H24N2O2/c1-5-14(18)12-7-9-13(10-8-12)17(6-2)11-15(19)16(3)4/h7-10,14,18H,5-6,11H2,1-4H3/t14-/m1/s1. The molecule has 0 aliphatic carbocycles. The number of aliphatic hydroxyl groups is 1. The summed E-state index contributed by atoms with van der Waals surface area (Å²) in [5, 5.41) is 9.76.